The molecule has 2 unspecified atom stereocenters. The molecule has 0 spiro atoms. The second-order valence-electron chi connectivity index (χ2n) is 7.81. The summed E-state index contributed by atoms with van der Waals surface area (Å²) in [5, 5.41) is 13.5. The molecule has 0 bridgehead atoms. The van der Waals surface area contributed by atoms with E-state index in [0.717, 1.165) is 21.8 Å². The molecule has 0 radical (unpaired) electrons. The van der Waals surface area contributed by atoms with E-state index in [-0.39, 0.29) is 23.5 Å². The number of likely N-dealkylation sites (tertiary alicyclic amines) is 1. The van der Waals surface area contributed by atoms with Crippen LogP contribution >= 0.6 is 23.1 Å². The smallest absolute Gasteiger partial charge is 0.346 e. The largest absolute Gasteiger partial charge is 0.477 e. The van der Waals surface area contributed by atoms with Crippen molar-refractivity contribution < 1.29 is 28.6 Å². The van der Waals surface area contributed by atoms with Crippen LogP contribution in [0, 0.1) is 5.82 Å². The zero-order chi connectivity index (χ0) is 25.1. The molecule has 2 heterocycles. The first-order valence-corrected chi connectivity index (χ1v) is 11.8. The minimum Gasteiger partial charge on any atom is -0.477 e. The minimum atomic E-state index is -1.10. The number of amides is 3. The predicted molar refractivity (Wildman–Crippen MR) is 131 cm³/mol. The van der Waals surface area contributed by atoms with Gasteiger partial charge in [0.25, 0.3) is 0 Å². The second-order valence-corrected chi connectivity index (χ2v) is 9.07. The third-order valence-electron chi connectivity index (χ3n) is 5.69. The lowest BCUT2D eigenvalue weighted by molar-refractivity contribution is -0.119. The van der Waals surface area contributed by atoms with Gasteiger partial charge in [0, 0.05) is 37.4 Å². The van der Waals surface area contributed by atoms with Crippen LogP contribution in [-0.4, -0.2) is 53.7 Å². The molecule has 11 heteroatoms. The molecule has 1 fully saturated rings. The summed E-state index contributed by atoms with van der Waals surface area (Å²) >= 11 is 7.29. The van der Waals surface area contributed by atoms with E-state index in [1.807, 2.05) is 0 Å². The van der Waals surface area contributed by atoms with E-state index in [4.69, 9.17) is 16.5 Å². The maximum Gasteiger partial charge on any atom is 0.346 e. The van der Waals surface area contributed by atoms with Crippen molar-refractivity contribution in [1.29, 1.82) is 0 Å². The zero-order valence-electron chi connectivity index (χ0n) is 18.5. The Labute approximate surface area is 209 Å². The van der Waals surface area contributed by atoms with Crippen molar-refractivity contribution in [1.82, 2.24) is 4.90 Å². The molecule has 8 nitrogen and oxygen atoms in total. The number of hydrogen-bond donors (Lipinski definition) is 2. The van der Waals surface area contributed by atoms with Crippen LogP contribution in [0.2, 0.25) is 0 Å². The fourth-order valence-corrected chi connectivity index (χ4v) is 4.88. The van der Waals surface area contributed by atoms with Crippen molar-refractivity contribution in [2.75, 3.05) is 23.4 Å². The average molecular weight is 518 g/mol. The van der Waals surface area contributed by atoms with Crippen LogP contribution in [0.4, 0.5) is 20.6 Å². The first-order chi connectivity index (χ1) is 16.8. The first-order valence-electron chi connectivity index (χ1n) is 10.6. The Morgan fingerprint density at radius 1 is 1.20 bits per heavy atom. The molecule has 1 aromatic heterocycles. The van der Waals surface area contributed by atoms with E-state index in [2.05, 4.69) is 5.32 Å². The van der Waals surface area contributed by atoms with E-state index in [1.165, 1.54) is 24.1 Å². The van der Waals surface area contributed by atoms with E-state index < -0.39 is 35.9 Å². The third-order valence-corrected chi connectivity index (χ3v) is 6.93. The molecule has 2 aromatic carbocycles. The highest BCUT2D eigenvalue weighted by Crippen LogP contribution is 2.31. The topological polar surface area (TPSA) is 99.2 Å². The van der Waals surface area contributed by atoms with Crippen LogP contribution in [0.1, 0.15) is 16.1 Å². The van der Waals surface area contributed by atoms with Gasteiger partial charge in [-0.3, -0.25) is 4.79 Å². The van der Waals surface area contributed by atoms with Gasteiger partial charge in [-0.05, 0) is 41.3 Å². The molecular weight excluding hydrogens is 497 g/mol. The van der Waals surface area contributed by atoms with Gasteiger partial charge in [-0.1, -0.05) is 24.3 Å². The minimum absolute atomic E-state index is 0.0927. The number of carboxylic acid groups (broad SMARTS) is 1. The van der Waals surface area contributed by atoms with E-state index in [0.29, 0.717) is 16.8 Å². The lowest BCUT2D eigenvalue weighted by Crippen LogP contribution is -2.47. The van der Waals surface area contributed by atoms with E-state index in [9.17, 15) is 23.9 Å². The van der Waals surface area contributed by atoms with Crippen molar-refractivity contribution in [3.63, 3.8) is 0 Å². The Morgan fingerprint density at radius 2 is 1.94 bits per heavy atom. The van der Waals surface area contributed by atoms with Gasteiger partial charge in [0.1, 0.15) is 16.7 Å². The number of anilines is 2. The Balaban J connectivity index is 1.53. The molecule has 3 aromatic rings. The molecule has 1 aliphatic rings. The van der Waals surface area contributed by atoms with Crippen LogP contribution in [0.5, 0.6) is 0 Å². The summed E-state index contributed by atoms with van der Waals surface area (Å²) in [5.41, 5.74) is 1.11. The third kappa shape index (κ3) is 5.14. The number of nitrogens with zero attached hydrogens (tertiary/aromatic N) is 2. The van der Waals surface area contributed by atoms with Gasteiger partial charge in [0.05, 0.1) is 17.5 Å². The van der Waals surface area contributed by atoms with Gasteiger partial charge < -0.3 is 20.1 Å². The molecule has 3 amide bonds. The summed E-state index contributed by atoms with van der Waals surface area (Å²) in [5.74, 6) is -2.43. The highest BCUT2D eigenvalue weighted by molar-refractivity contribution is 7.12. The van der Waals surface area contributed by atoms with Crippen molar-refractivity contribution in [3.05, 3.63) is 70.7 Å². The number of thiophene rings is 1. The number of nitrogens with one attached hydrogen (secondary N) is 1. The van der Waals surface area contributed by atoms with Crippen LogP contribution < -0.4 is 9.74 Å². The Kier molecular flexibility index (Phi) is 7.34. The fourth-order valence-electron chi connectivity index (χ4n) is 3.91. The molecule has 2 N–H and O–H groups in total. The number of rotatable bonds is 6. The number of halogens is 2. The van der Waals surface area contributed by atoms with Crippen LogP contribution in [0.25, 0.3) is 11.1 Å². The highest BCUT2D eigenvalue weighted by atomic mass is 35.5. The van der Waals surface area contributed by atoms with Gasteiger partial charge in [-0.2, -0.15) is 0 Å². The lowest BCUT2D eigenvalue weighted by Gasteiger charge is -2.27. The molecule has 35 heavy (non-hydrogen) atoms. The number of methoxy groups -OCH3 is 1. The van der Waals surface area contributed by atoms with E-state index >= 15 is 0 Å². The molecule has 182 valence electrons. The number of para-hydroxylation sites is 1. The summed E-state index contributed by atoms with van der Waals surface area (Å²) < 4.78 is 21.2. The number of benzene rings is 2. The first kappa shape index (κ1) is 24.6. The summed E-state index contributed by atoms with van der Waals surface area (Å²) in [6.45, 7) is 0.140. The van der Waals surface area contributed by atoms with Crippen LogP contribution in [0.15, 0.2) is 60.0 Å². The number of aromatic carboxylic acids is 1. The number of hydrogen-bond acceptors (Lipinski definition) is 5. The van der Waals surface area contributed by atoms with Gasteiger partial charge in [-0.15, -0.1) is 11.3 Å². The molecule has 4 rings (SSSR count). The fraction of sp³-hybridized carbons (Fsp3) is 0.208. The number of ether oxygens (including phenoxy) is 1. The summed E-state index contributed by atoms with van der Waals surface area (Å²) in [6, 6.07) is 12.7. The molecule has 0 aliphatic carbocycles. The van der Waals surface area contributed by atoms with E-state index in [1.54, 1.807) is 41.8 Å². The molecule has 1 saturated heterocycles. The summed E-state index contributed by atoms with van der Waals surface area (Å²) in [6.07, 6.45) is -0.180. The van der Waals surface area contributed by atoms with Crippen LogP contribution in [-0.2, 0) is 9.53 Å². The summed E-state index contributed by atoms with van der Waals surface area (Å²) in [4.78, 5) is 38.9. The van der Waals surface area contributed by atoms with Crippen molar-refractivity contribution >= 4 is 52.4 Å². The predicted octanol–water partition coefficient (Wildman–Crippen LogP) is 5.06. The molecule has 0 saturated carbocycles. The monoisotopic (exact) mass is 517 g/mol. The van der Waals surface area contributed by atoms with Crippen molar-refractivity contribution in [2.24, 2.45) is 0 Å². The van der Waals surface area contributed by atoms with Gasteiger partial charge >= 0.3 is 12.0 Å². The summed E-state index contributed by atoms with van der Waals surface area (Å²) in [7, 11) is 1.48. The maximum atomic E-state index is 14.9. The zero-order valence-corrected chi connectivity index (χ0v) is 20.1. The van der Waals surface area contributed by atoms with Gasteiger partial charge in [0.15, 0.2) is 0 Å². The number of carboxylic acids is 1. The molecule has 2 atom stereocenters. The molecule has 1 aliphatic heterocycles. The normalized spacial score (nSPS) is 17.3. The quantitative estimate of drug-likeness (QED) is 0.445. The Hall–Kier alpha value is -3.47. The second kappa shape index (κ2) is 10.4. The number of urea groups is 1. The highest BCUT2D eigenvalue weighted by Gasteiger charge is 2.41. The maximum absolute atomic E-state index is 14.9. The lowest BCUT2D eigenvalue weighted by atomic mass is 10.1. The van der Waals surface area contributed by atoms with Crippen molar-refractivity contribution in [3.8, 4) is 11.1 Å². The van der Waals surface area contributed by atoms with Gasteiger partial charge in [-0.25, -0.2) is 18.4 Å². The van der Waals surface area contributed by atoms with Gasteiger partial charge in [0.2, 0.25) is 5.91 Å². The Morgan fingerprint density at radius 3 is 2.60 bits per heavy atom. The average Bonchev–Trinajstić information content (AvgIpc) is 3.53. The van der Waals surface area contributed by atoms with Crippen molar-refractivity contribution in [2.45, 2.75) is 18.6 Å². The standard InChI is InChI=1S/C24H21ClFN3O5S/c1-34-16-12-20(28(13-16)24(33)29(25)15-5-3-2-4-6-15)22(30)27-19-8-7-14(11-18(19)26)17-9-10-35-21(17)23(31)32/h2-11,16,20H,12-13H2,1H3,(H,27,30)(H,31,32). The number of carbonyl (C=O) groups excluding carboxylic acids is 2. The molecular formula is C24H21ClFN3O5S. The SMILES string of the molecule is COC1CC(C(=O)Nc2ccc(-c3ccsc3C(=O)O)cc2F)N(C(=O)N(Cl)c2ccccc2)C1. The van der Waals surface area contributed by atoms with Crippen LogP contribution in [0.3, 0.4) is 0 Å². The number of carbonyl (C=O) groups is 3. The Bertz CT molecular complexity index is 1250.